The average molecular weight is 270 g/mol. The maximum Gasteiger partial charge on any atom is 0.234 e. The molecule has 0 saturated carbocycles. The van der Waals surface area contributed by atoms with E-state index in [2.05, 4.69) is 5.32 Å². The number of halogens is 2. The van der Waals surface area contributed by atoms with E-state index in [1.165, 1.54) is 0 Å². The van der Waals surface area contributed by atoms with E-state index >= 15 is 0 Å². The van der Waals surface area contributed by atoms with Gasteiger partial charge in [-0.05, 0) is 24.0 Å². The summed E-state index contributed by atoms with van der Waals surface area (Å²) in [6.07, 6.45) is 1.17. The minimum Gasteiger partial charge on any atom is -0.296 e. The molecule has 1 aromatic carbocycles. The lowest BCUT2D eigenvalue weighted by atomic mass is 9.89. The molecule has 0 radical (unpaired) electrons. The number of carbonyl (C=O) groups excluding carboxylic acids is 2. The summed E-state index contributed by atoms with van der Waals surface area (Å²) in [6.45, 7) is 1.83. The Bertz CT molecular complexity index is 516. The molecule has 0 bridgehead atoms. The van der Waals surface area contributed by atoms with E-state index in [0.717, 1.165) is 0 Å². The molecule has 1 N–H and O–H groups in total. The van der Waals surface area contributed by atoms with E-state index in [-0.39, 0.29) is 17.4 Å². The second kappa shape index (κ2) is 5.06. The normalized spacial score (nSPS) is 19.8. The van der Waals surface area contributed by atoms with E-state index in [4.69, 9.17) is 11.6 Å². The van der Waals surface area contributed by atoms with Crippen molar-refractivity contribution in [3.8, 4) is 0 Å². The third-order valence-electron chi connectivity index (χ3n) is 3.19. The molecule has 1 fully saturated rings. The van der Waals surface area contributed by atoms with Crippen molar-refractivity contribution >= 4 is 23.4 Å². The van der Waals surface area contributed by atoms with E-state index < -0.39 is 17.6 Å². The van der Waals surface area contributed by atoms with Crippen LogP contribution in [0.4, 0.5) is 4.39 Å². The standard InChI is InChI=1S/C13H13ClFNO2/c1-2-7-3-4-8(11(14)12(7)15)9-5-6-10(17)16-13(9)18/h3-4,9H,2,5-6H2,1H3,(H,16,17,18). The van der Waals surface area contributed by atoms with Crippen LogP contribution in [0.5, 0.6) is 0 Å². The molecule has 1 aliphatic heterocycles. The first-order valence-corrected chi connectivity index (χ1v) is 6.22. The predicted molar refractivity (Wildman–Crippen MR) is 65.9 cm³/mol. The van der Waals surface area contributed by atoms with Gasteiger partial charge in [0.2, 0.25) is 11.8 Å². The van der Waals surface area contributed by atoms with Crippen LogP contribution < -0.4 is 5.32 Å². The topological polar surface area (TPSA) is 46.2 Å². The van der Waals surface area contributed by atoms with Crippen LogP contribution in [0.2, 0.25) is 5.02 Å². The predicted octanol–water partition coefficient (Wildman–Crippen LogP) is 2.56. The van der Waals surface area contributed by atoms with Gasteiger partial charge in [0, 0.05) is 6.42 Å². The van der Waals surface area contributed by atoms with Crippen molar-refractivity contribution < 1.29 is 14.0 Å². The summed E-state index contributed by atoms with van der Waals surface area (Å²) in [4.78, 5) is 22.8. The van der Waals surface area contributed by atoms with Crippen molar-refractivity contribution in [3.05, 3.63) is 34.1 Å². The smallest absolute Gasteiger partial charge is 0.234 e. The molecule has 1 atom stereocenters. The van der Waals surface area contributed by atoms with Gasteiger partial charge < -0.3 is 0 Å². The van der Waals surface area contributed by atoms with E-state index in [9.17, 15) is 14.0 Å². The summed E-state index contributed by atoms with van der Waals surface area (Å²) in [5.41, 5.74) is 0.979. The summed E-state index contributed by atoms with van der Waals surface area (Å²) in [5.74, 6) is -1.72. The number of amides is 2. The quantitative estimate of drug-likeness (QED) is 0.839. The Morgan fingerprint density at radius 1 is 1.44 bits per heavy atom. The first-order valence-electron chi connectivity index (χ1n) is 5.85. The van der Waals surface area contributed by atoms with Crippen LogP contribution in [0.1, 0.15) is 36.8 Å². The maximum atomic E-state index is 13.9. The number of hydrogen-bond donors (Lipinski definition) is 1. The van der Waals surface area contributed by atoms with Crippen LogP contribution in [0.3, 0.4) is 0 Å². The van der Waals surface area contributed by atoms with Crippen molar-refractivity contribution in [3.63, 3.8) is 0 Å². The number of piperidine rings is 1. The minimum atomic E-state index is -0.546. The molecular formula is C13H13ClFNO2. The average Bonchev–Trinajstić information content (AvgIpc) is 2.34. The maximum absolute atomic E-state index is 13.9. The third-order valence-corrected chi connectivity index (χ3v) is 3.57. The summed E-state index contributed by atoms with van der Waals surface area (Å²) in [7, 11) is 0. The Kier molecular flexibility index (Phi) is 3.66. The number of aryl methyl sites for hydroxylation is 1. The zero-order valence-electron chi connectivity index (χ0n) is 9.93. The fraction of sp³-hybridized carbons (Fsp3) is 0.385. The highest BCUT2D eigenvalue weighted by Gasteiger charge is 2.30. The van der Waals surface area contributed by atoms with Crippen LogP contribution in [0.15, 0.2) is 12.1 Å². The second-order valence-corrected chi connectivity index (χ2v) is 4.68. The van der Waals surface area contributed by atoms with Crippen molar-refractivity contribution in [1.29, 1.82) is 0 Å². The second-order valence-electron chi connectivity index (χ2n) is 4.30. The van der Waals surface area contributed by atoms with Gasteiger partial charge in [0.25, 0.3) is 0 Å². The molecule has 3 nitrogen and oxygen atoms in total. The fourth-order valence-corrected chi connectivity index (χ4v) is 2.45. The Morgan fingerprint density at radius 3 is 2.78 bits per heavy atom. The summed E-state index contributed by atoms with van der Waals surface area (Å²) >= 11 is 5.97. The summed E-state index contributed by atoms with van der Waals surface area (Å²) in [5, 5.41) is 2.23. The Labute approximate surface area is 109 Å². The number of rotatable bonds is 2. The van der Waals surface area contributed by atoms with Gasteiger partial charge in [-0.1, -0.05) is 30.7 Å². The van der Waals surface area contributed by atoms with Gasteiger partial charge in [0.15, 0.2) is 0 Å². The Morgan fingerprint density at radius 2 is 2.17 bits per heavy atom. The van der Waals surface area contributed by atoms with Gasteiger partial charge in [-0.3, -0.25) is 14.9 Å². The first kappa shape index (κ1) is 13.0. The number of nitrogens with one attached hydrogen (secondary N) is 1. The molecule has 2 amide bonds. The van der Waals surface area contributed by atoms with Gasteiger partial charge in [-0.15, -0.1) is 0 Å². The molecule has 18 heavy (non-hydrogen) atoms. The zero-order chi connectivity index (χ0) is 13.3. The van der Waals surface area contributed by atoms with Gasteiger partial charge in [0.1, 0.15) is 5.82 Å². The Hall–Kier alpha value is -1.42. The largest absolute Gasteiger partial charge is 0.296 e. The molecule has 96 valence electrons. The molecule has 5 heteroatoms. The number of imide groups is 1. The number of hydrogen-bond acceptors (Lipinski definition) is 2. The van der Waals surface area contributed by atoms with Crippen molar-refractivity contribution in [2.24, 2.45) is 0 Å². The van der Waals surface area contributed by atoms with Crippen LogP contribution in [-0.2, 0) is 16.0 Å². The summed E-state index contributed by atoms with van der Waals surface area (Å²) < 4.78 is 13.9. The van der Waals surface area contributed by atoms with Crippen molar-refractivity contribution in [1.82, 2.24) is 5.32 Å². The monoisotopic (exact) mass is 269 g/mol. The highest BCUT2D eigenvalue weighted by molar-refractivity contribution is 6.32. The molecule has 1 aliphatic rings. The lowest BCUT2D eigenvalue weighted by Crippen LogP contribution is -2.39. The highest BCUT2D eigenvalue weighted by Crippen LogP contribution is 2.33. The molecule has 1 heterocycles. The van der Waals surface area contributed by atoms with Gasteiger partial charge in [-0.25, -0.2) is 4.39 Å². The van der Waals surface area contributed by atoms with Gasteiger partial charge in [-0.2, -0.15) is 0 Å². The molecule has 0 aromatic heterocycles. The number of benzene rings is 1. The van der Waals surface area contributed by atoms with Gasteiger partial charge in [0.05, 0.1) is 10.9 Å². The van der Waals surface area contributed by atoms with Crippen molar-refractivity contribution in [2.45, 2.75) is 32.1 Å². The number of carbonyl (C=O) groups is 2. The molecule has 0 spiro atoms. The SMILES string of the molecule is CCc1ccc(C2CCC(=O)NC2=O)c(Cl)c1F. The van der Waals surface area contributed by atoms with Crippen LogP contribution in [0, 0.1) is 5.82 Å². The molecule has 1 saturated heterocycles. The van der Waals surface area contributed by atoms with Crippen LogP contribution >= 0.6 is 11.6 Å². The lowest BCUT2D eigenvalue weighted by molar-refractivity contribution is -0.134. The van der Waals surface area contributed by atoms with Crippen molar-refractivity contribution in [2.75, 3.05) is 0 Å². The van der Waals surface area contributed by atoms with Crippen LogP contribution in [0.25, 0.3) is 0 Å². The Balaban J connectivity index is 2.37. The summed E-state index contributed by atoms with van der Waals surface area (Å²) in [6, 6.07) is 3.31. The molecular weight excluding hydrogens is 257 g/mol. The van der Waals surface area contributed by atoms with Crippen LogP contribution in [-0.4, -0.2) is 11.8 Å². The van der Waals surface area contributed by atoms with E-state index in [0.29, 0.717) is 24.0 Å². The third kappa shape index (κ3) is 2.25. The van der Waals surface area contributed by atoms with E-state index in [1.54, 1.807) is 12.1 Å². The first-order chi connectivity index (χ1) is 8.54. The molecule has 1 unspecified atom stereocenters. The minimum absolute atomic E-state index is 0.0103. The fourth-order valence-electron chi connectivity index (χ4n) is 2.14. The molecule has 1 aromatic rings. The lowest BCUT2D eigenvalue weighted by Gasteiger charge is -2.22. The van der Waals surface area contributed by atoms with E-state index in [1.807, 2.05) is 6.92 Å². The molecule has 0 aliphatic carbocycles. The highest BCUT2D eigenvalue weighted by atomic mass is 35.5. The zero-order valence-corrected chi connectivity index (χ0v) is 10.7. The van der Waals surface area contributed by atoms with Gasteiger partial charge >= 0.3 is 0 Å². The molecule has 2 rings (SSSR count).